The van der Waals surface area contributed by atoms with Crippen LogP contribution in [0.4, 0.5) is 0 Å². The van der Waals surface area contributed by atoms with Crippen molar-refractivity contribution in [2.75, 3.05) is 19.6 Å². The maximum atomic E-state index is 5.96. The van der Waals surface area contributed by atoms with E-state index in [2.05, 4.69) is 49.7 Å². The lowest BCUT2D eigenvalue weighted by Gasteiger charge is -2.35. The zero-order chi connectivity index (χ0) is 12.4. The van der Waals surface area contributed by atoms with Gasteiger partial charge < -0.3 is 5.73 Å². The van der Waals surface area contributed by atoms with E-state index in [0.717, 1.165) is 14.2 Å². The van der Waals surface area contributed by atoms with E-state index in [1.807, 2.05) is 0 Å². The highest BCUT2D eigenvalue weighted by molar-refractivity contribution is 9.13. The molecule has 0 aliphatic carbocycles. The first-order valence-electron chi connectivity index (χ1n) is 6.00. The summed E-state index contributed by atoms with van der Waals surface area (Å²) in [6.07, 6.45) is 2.59. The smallest absolute Gasteiger partial charge is 0.0843 e. The largest absolute Gasteiger partial charge is 0.329 e. The summed E-state index contributed by atoms with van der Waals surface area (Å²) >= 11 is 8.90. The molecular weight excluding hydrogens is 364 g/mol. The summed E-state index contributed by atoms with van der Waals surface area (Å²) in [7, 11) is 0. The summed E-state index contributed by atoms with van der Waals surface area (Å²) in [5.74, 6) is 0.867. The van der Waals surface area contributed by atoms with E-state index < -0.39 is 0 Å². The zero-order valence-electron chi connectivity index (χ0n) is 9.96. The normalized spacial score (nSPS) is 20.7. The Hall–Kier alpha value is 0.580. The molecule has 1 aliphatic heterocycles. The van der Waals surface area contributed by atoms with Gasteiger partial charge in [-0.05, 0) is 69.8 Å². The monoisotopic (exact) mass is 380 g/mol. The Morgan fingerprint density at radius 3 is 2.59 bits per heavy atom. The zero-order valence-corrected chi connectivity index (χ0v) is 13.9. The fourth-order valence-electron chi connectivity index (χ4n) is 2.31. The molecule has 2 rings (SSSR count). The molecular formula is C12H18Br2N2S. The van der Waals surface area contributed by atoms with Crippen LogP contribution in [-0.2, 0) is 0 Å². The Bertz CT molecular complexity index is 353. The summed E-state index contributed by atoms with van der Waals surface area (Å²) in [6, 6.07) is 2.58. The summed E-state index contributed by atoms with van der Waals surface area (Å²) in [4.78, 5) is 3.89. The topological polar surface area (TPSA) is 29.3 Å². The highest BCUT2D eigenvalue weighted by Crippen LogP contribution is 2.38. The molecule has 0 saturated carbocycles. The van der Waals surface area contributed by atoms with Crippen LogP contribution < -0.4 is 5.73 Å². The Morgan fingerprint density at radius 2 is 2.12 bits per heavy atom. The molecule has 0 radical (unpaired) electrons. The molecule has 0 spiro atoms. The van der Waals surface area contributed by atoms with Crippen LogP contribution in [0.5, 0.6) is 0 Å². The molecule has 17 heavy (non-hydrogen) atoms. The van der Waals surface area contributed by atoms with Crippen molar-refractivity contribution in [3.05, 3.63) is 19.2 Å². The number of nitrogens with two attached hydrogens (primary N) is 1. The molecule has 2 nitrogen and oxygen atoms in total. The van der Waals surface area contributed by atoms with Crippen molar-refractivity contribution >= 4 is 43.2 Å². The number of piperidine rings is 1. The standard InChI is InChI=1S/C12H18Br2N2S/c1-8-2-4-16(5-3-8)10(7-15)11-6-9(13)12(14)17-11/h6,8,10H,2-5,7,15H2,1H3. The summed E-state index contributed by atoms with van der Waals surface area (Å²) in [6.45, 7) is 5.40. The molecule has 1 aromatic heterocycles. The van der Waals surface area contributed by atoms with Crippen molar-refractivity contribution in [3.8, 4) is 0 Å². The minimum Gasteiger partial charge on any atom is -0.329 e. The van der Waals surface area contributed by atoms with Crippen LogP contribution >= 0.6 is 43.2 Å². The van der Waals surface area contributed by atoms with Gasteiger partial charge in [0.2, 0.25) is 0 Å². The predicted molar refractivity (Wildman–Crippen MR) is 81.5 cm³/mol. The van der Waals surface area contributed by atoms with Crippen molar-refractivity contribution in [1.29, 1.82) is 0 Å². The molecule has 96 valence electrons. The Morgan fingerprint density at radius 1 is 1.47 bits per heavy atom. The molecule has 0 aromatic carbocycles. The van der Waals surface area contributed by atoms with Crippen LogP contribution in [0, 0.1) is 5.92 Å². The minimum atomic E-state index is 0.384. The van der Waals surface area contributed by atoms with Gasteiger partial charge in [-0.25, -0.2) is 0 Å². The first kappa shape index (κ1) is 14.0. The maximum Gasteiger partial charge on any atom is 0.0843 e. The van der Waals surface area contributed by atoms with Gasteiger partial charge >= 0.3 is 0 Å². The second kappa shape index (κ2) is 6.15. The molecule has 1 aromatic rings. The lowest BCUT2D eigenvalue weighted by atomic mass is 9.97. The highest BCUT2D eigenvalue weighted by atomic mass is 79.9. The first-order valence-corrected chi connectivity index (χ1v) is 8.41. The van der Waals surface area contributed by atoms with E-state index in [9.17, 15) is 0 Å². The van der Waals surface area contributed by atoms with Gasteiger partial charge in [0.25, 0.3) is 0 Å². The lowest BCUT2D eigenvalue weighted by Crippen LogP contribution is -2.39. The molecule has 1 fully saturated rings. The van der Waals surface area contributed by atoms with Gasteiger partial charge in [0.15, 0.2) is 0 Å². The third-order valence-electron chi connectivity index (χ3n) is 3.47. The Labute approximate surface area is 124 Å². The molecule has 1 atom stereocenters. The molecule has 1 aliphatic rings. The second-order valence-electron chi connectivity index (χ2n) is 4.74. The average molecular weight is 382 g/mol. The highest BCUT2D eigenvalue weighted by Gasteiger charge is 2.25. The number of hydrogen-bond acceptors (Lipinski definition) is 3. The molecule has 0 bridgehead atoms. The lowest BCUT2D eigenvalue weighted by molar-refractivity contribution is 0.143. The fourth-order valence-corrected chi connectivity index (χ4v) is 4.55. The average Bonchev–Trinajstić information content (AvgIpc) is 2.63. The van der Waals surface area contributed by atoms with Crippen molar-refractivity contribution < 1.29 is 0 Å². The van der Waals surface area contributed by atoms with E-state index in [1.165, 1.54) is 30.8 Å². The first-order chi connectivity index (χ1) is 8.11. The quantitative estimate of drug-likeness (QED) is 0.857. The van der Waals surface area contributed by atoms with Gasteiger partial charge in [0.05, 0.1) is 9.83 Å². The molecule has 0 amide bonds. The van der Waals surface area contributed by atoms with E-state index >= 15 is 0 Å². The molecule has 5 heteroatoms. The van der Waals surface area contributed by atoms with Crippen LogP contribution in [0.15, 0.2) is 14.3 Å². The van der Waals surface area contributed by atoms with Crippen LogP contribution in [0.3, 0.4) is 0 Å². The number of rotatable bonds is 3. The number of nitrogens with zero attached hydrogens (tertiary/aromatic N) is 1. The van der Waals surface area contributed by atoms with Crippen LogP contribution in [0.1, 0.15) is 30.7 Å². The molecule has 1 unspecified atom stereocenters. The number of thiophene rings is 1. The van der Waals surface area contributed by atoms with E-state index in [1.54, 1.807) is 11.3 Å². The van der Waals surface area contributed by atoms with Gasteiger partial charge in [-0.2, -0.15) is 0 Å². The van der Waals surface area contributed by atoms with E-state index in [4.69, 9.17) is 5.73 Å². The van der Waals surface area contributed by atoms with Crippen molar-refractivity contribution in [2.24, 2.45) is 11.7 Å². The molecule has 2 N–H and O–H groups in total. The van der Waals surface area contributed by atoms with Crippen molar-refractivity contribution in [3.63, 3.8) is 0 Å². The van der Waals surface area contributed by atoms with Crippen molar-refractivity contribution in [1.82, 2.24) is 4.90 Å². The van der Waals surface area contributed by atoms with E-state index in [0.29, 0.717) is 12.6 Å². The summed E-state index contributed by atoms with van der Waals surface area (Å²) in [5.41, 5.74) is 5.96. The van der Waals surface area contributed by atoms with Crippen molar-refractivity contribution in [2.45, 2.75) is 25.8 Å². The van der Waals surface area contributed by atoms with Gasteiger partial charge in [-0.1, -0.05) is 6.92 Å². The predicted octanol–water partition coefficient (Wildman–Crippen LogP) is 4.00. The van der Waals surface area contributed by atoms with Crippen LogP contribution in [0.2, 0.25) is 0 Å². The fraction of sp³-hybridized carbons (Fsp3) is 0.667. The SMILES string of the molecule is CC1CCN(C(CN)c2cc(Br)c(Br)s2)CC1. The van der Waals surface area contributed by atoms with Gasteiger partial charge in [0.1, 0.15) is 0 Å². The van der Waals surface area contributed by atoms with Gasteiger partial charge in [0, 0.05) is 15.9 Å². The summed E-state index contributed by atoms with van der Waals surface area (Å²) in [5, 5.41) is 0. The summed E-state index contributed by atoms with van der Waals surface area (Å²) < 4.78 is 2.30. The van der Waals surface area contributed by atoms with Gasteiger partial charge in [-0.15, -0.1) is 11.3 Å². The second-order valence-corrected chi connectivity index (χ2v) is 8.00. The van der Waals surface area contributed by atoms with Crippen LogP contribution in [0.25, 0.3) is 0 Å². The number of hydrogen-bond donors (Lipinski definition) is 1. The third-order valence-corrected chi connectivity index (χ3v) is 6.83. The van der Waals surface area contributed by atoms with Gasteiger partial charge in [-0.3, -0.25) is 4.90 Å². The molecule has 2 heterocycles. The number of likely N-dealkylation sites (tertiary alicyclic amines) is 1. The molecule has 1 saturated heterocycles. The number of halogens is 2. The van der Waals surface area contributed by atoms with E-state index in [-0.39, 0.29) is 0 Å². The Balaban J connectivity index is 2.10. The van der Waals surface area contributed by atoms with Crippen LogP contribution in [-0.4, -0.2) is 24.5 Å². The third kappa shape index (κ3) is 3.32. The maximum absolute atomic E-state index is 5.96. The minimum absolute atomic E-state index is 0.384. The Kier molecular flexibility index (Phi) is 5.06.